The number of nitrogens with zero attached hydrogens (tertiary/aromatic N) is 4. The van der Waals surface area contributed by atoms with Gasteiger partial charge in [-0.1, -0.05) is 6.07 Å². The van der Waals surface area contributed by atoms with E-state index in [2.05, 4.69) is 45.0 Å². The van der Waals surface area contributed by atoms with E-state index in [1.165, 1.54) is 5.69 Å². The van der Waals surface area contributed by atoms with Crippen molar-refractivity contribution >= 4 is 28.1 Å². The third kappa shape index (κ3) is 6.00. The topological polar surface area (TPSA) is 65.0 Å². The van der Waals surface area contributed by atoms with Crippen molar-refractivity contribution in [2.75, 3.05) is 50.6 Å². The molecule has 2 heterocycles. The lowest BCUT2D eigenvalue weighted by Crippen LogP contribution is -2.51. The average molecular weight is 417 g/mol. The van der Waals surface area contributed by atoms with Gasteiger partial charge in [0.1, 0.15) is 5.75 Å². The Labute approximate surface area is 177 Å². The Balaban J connectivity index is 1.62. The fraction of sp³-hybridized carbons (Fsp3) is 0.524. The molecule has 2 aromatic rings. The molecule has 1 fully saturated rings. The van der Waals surface area contributed by atoms with Crippen LogP contribution < -0.4 is 25.2 Å². The summed E-state index contributed by atoms with van der Waals surface area (Å²) >= 11 is 1.65. The summed E-state index contributed by atoms with van der Waals surface area (Å²) in [6.07, 6.45) is 2.28. The molecule has 0 saturated carbocycles. The quantitative estimate of drug-likeness (QED) is 0.534. The van der Waals surface area contributed by atoms with Crippen LogP contribution in [0.4, 0.5) is 10.8 Å². The van der Waals surface area contributed by atoms with Gasteiger partial charge >= 0.3 is 0 Å². The van der Waals surface area contributed by atoms with Gasteiger partial charge in [0.2, 0.25) is 0 Å². The highest BCUT2D eigenvalue weighted by Crippen LogP contribution is 2.24. The lowest BCUT2D eigenvalue weighted by atomic mass is 10.0. The van der Waals surface area contributed by atoms with E-state index in [0.29, 0.717) is 12.6 Å². The van der Waals surface area contributed by atoms with Crippen LogP contribution in [0.15, 0.2) is 34.6 Å². The van der Waals surface area contributed by atoms with E-state index in [1.54, 1.807) is 18.4 Å². The Kier molecular flexibility index (Phi) is 7.57. The number of methoxy groups -OCH3 is 1. The predicted octanol–water partition coefficient (Wildman–Crippen LogP) is 2.94. The molecule has 158 valence electrons. The van der Waals surface area contributed by atoms with E-state index in [4.69, 9.17) is 9.73 Å². The zero-order valence-corrected chi connectivity index (χ0v) is 18.6. The molecular weight excluding hydrogens is 384 g/mol. The van der Waals surface area contributed by atoms with Crippen LogP contribution in [0, 0.1) is 0 Å². The van der Waals surface area contributed by atoms with Gasteiger partial charge in [0.15, 0.2) is 11.1 Å². The lowest BCUT2D eigenvalue weighted by Gasteiger charge is -2.35. The number of anilines is 2. The normalized spacial score (nSPS) is 17.2. The number of aliphatic imine (C=N–C) groups is 1. The van der Waals surface area contributed by atoms with E-state index >= 15 is 0 Å². The minimum absolute atomic E-state index is 0.348. The number of thiazole rings is 1. The molecule has 1 aromatic carbocycles. The number of rotatable bonds is 7. The highest BCUT2D eigenvalue weighted by Gasteiger charge is 2.21. The van der Waals surface area contributed by atoms with Gasteiger partial charge in [0.25, 0.3) is 0 Å². The van der Waals surface area contributed by atoms with Crippen LogP contribution in [-0.2, 0) is 6.54 Å². The number of hydrogen-bond donors (Lipinski definition) is 2. The van der Waals surface area contributed by atoms with E-state index in [1.807, 2.05) is 31.1 Å². The van der Waals surface area contributed by atoms with Gasteiger partial charge in [-0.3, -0.25) is 0 Å². The number of benzene rings is 1. The molecule has 0 radical (unpaired) electrons. The minimum atomic E-state index is 0.348. The van der Waals surface area contributed by atoms with Gasteiger partial charge in [0.05, 0.1) is 19.3 Å². The number of hydrogen-bond acceptors (Lipinski definition) is 6. The molecule has 1 aromatic heterocycles. The molecule has 2 N–H and O–H groups in total. The third-order valence-corrected chi connectivity index (χ3v) is 5.90. The van der Waals surface area contributed by atoms with Crippen molar-refractivity contribution in [1.29, 1.82) is 0 Å². The number of aromatic nitrogens is 1. The summed E-state index contributed by atoms with van der Waals surface area (Å²) in [4.78, 5) is 13.8. The molecule has 0 spiro atoms. The first-order valence-electron chi connectivity index (χ1n) is 10.1. The van der Waals surface area contributed by atoms with Crippen LogP contribution in [0.5, 0.6) is 5.75 Å². The highest BCUT2D eigenvalue weighted by atomic mass is 32.1. The average Bonchev–Trinajstić information content (AvgIpc) is 3.22. The summed E-state index contributed by atoms with van der Waals surface area (Å²) in [6.45, 7) is 5.50. The monoisotopic (exact) mass is 416 g/mol. The fourth-order valence-electron chi connectivity index (χ4n) is 3.38. The summed E-state index contributed by atoms with van der Waals surface area (Å²) in [7, 11) is 5.73. The molecule has 1 saturated heterocycles. The van der Waals surface area contributed by atoms with E-state index < -0.39 is 0 Å². The van der Waals surface area contributed by atoms with Gasteiger partial charge < -0.3 is 25.2 Å². The van der Waals surface area contributed by atoms with Gasteiger partial charge in [-0.2, -0.15) is 0 Å². The van der Waals surface area contributed by atoms with Gasteiger partial charge in [-0.05, 0) is 31.9 Å². The van der Waals surface area contributed by atoms with Crippen molar-refractivity contribution in [2.45, 2.75) is 32.4 Å². The number of guanidine groups is 1. The van der Waals surface area contributed by atoms with Crippen LogP contribution in [0.25, 0.3) is 0 Å². The molecule has 1 aliphatic rings. The molecule has 1 unspecified atom stereocenters. The van der Waals surface area contributed by atoms with Gasteiger partial charge in [0, 0.05) is 56.9 Å². The predicted molar refractivity (Wildman–Crippen MR) is 123 cm³/mol. The second-order valence-electron chi connectivity index (χ2n) is 7.34. The molecule has 8 heteroatoms. The molecule has 1 atom stereocenters. The first kappa shape index (κ1) is 21.2. The summed E-state index contributed by atoms with van der Waals surface area (Å²) in [5, 5.41) is 10.1. The summed E-state index contributed by atoms with van der Waals surface area (Å²) in [5.41, 5.74) is 2.20. The van der Waals surface area contributed by atoms with Crippen molar-refractivity contribution in [1.82, 2.24) is 15.6 Å². The summed E-state index contributed by atoms with van der Waals surface area (Å²) < 4.78 is 5.38. The summed E-state index contributed by atoms with van der Waals surface area (Å²) in [5.74, 6) is 1.75. The Hall–Kier alpha value is -2.48. The lowest BCUT2D eigenvalue weighted by molar-refractivity contribution is 0.414. The molecule has 1 aliphatic heterocycles. The van der Waals surface area contributed by atoms with Crippen molar-refractivity contribution in [3.63, 3.8) is 0 Å². The SMILES string of the molecule is CCNC(=NCc1csc(N(C)C)n1)NC1CCCN(c2cccc(OC)c2)C1. The Morgan fingerprint density at radius 3 is 3.00 bits per heavy atom. The molecule has 7 nitrogen and oxygen atoms in total. The zero-order chi connectivity index (χ0) is 20.6. The van der Waals surface area contributed by atoms with E-state index in [-0.39, 0.29) is 0 Å². The largest absolute Gasteiger partial charge is 0.497 e. The fourth-order valence-corrected chi connectivity index (χ4v) is 4.13. The van der Waals surface area contributed by atoms with Crippen LogP contribution in [0.1, 0.15) is 25.5 Å². The number of piperidine rings is 1. The molecule has 0 aliphatic carbocycles. The van der Waals surface area contributed by atoms with Gasteiger partial charge in [-0.25, -0.2) is 9.98 Å². The maximum absolute atomic E-state index is 5.38. The van der Waals surface area contributed by atoms with E-state index in [0.717, 1.165) is 55.0 Å². The van der Waals surface area contributed by atoms with Crippen LogP contribution >= 0.6 is 11.3 Å². The van der Waals surface area contributed by atoms with Gasteiger partial charge in [-0.15, -0.1) is 11.3 Å². The van der Waals surface area contributed by atoms with Crippen molar-refractivity contribution < 1.29 is 4.74 Å². The number of nitrogens with one attached hydrogen (secondary N) is 2. The summed E-state index contributed by atoms with van der Waals surface area (Å²) in [6, 6.07) is 8.63. The molecule has 29 heavy (non-hydrogen) atoms. The van der Waals surface area contributed by atoms with Crippen LogP contribution in [0.2, 0.25) is 0 Å². The minimum Gasteiger partial charge on any atom is -0.497 e. The third-order valence-electron chi connectivity index (χ3n) is 4.85. The molecule has 0 amide bonds. The Morgan fingerprint density at radius 2 is 2.28 bits per heavy atom. The molecule has 0 bridgehead atoms. The Bertz CT molecular complexity index is 806. The van der Waals surface area contributed by atoms with E-state index in [9.17, 15) is 0 Å². The highest BCUT2D eigenvalue weighted by molar-refractivity contribution is 7.13. The van der Waals surface area contributed by atoms with Crippen molar-refractivity contribution in [3.05, 3.63) is 35.3 Å². The van der Waals surface area contributed by atoms with Crippen molar-refractivity contribution in [3.8, 4) is 5.75 Å². The second-order valence-corrected chi connectivity index (χ2v) is 8.18. The second kappa shape index (κ2) is 10.3. The Morgan fingerprint density at radius 1 is 1.41 bits per heavy atom. The first-order chi connectivity index (χ1) is 14.1. The smallest absolute Gasteiger partial charge is 0.191 e. The standard InChI is InChI=1S/C21H32N6OS/c1-5-22-20(23-13-17-15-29-21(25-17)26(2)3)24-16-8-7-11-27(14-16)18-9-6-10-19(12-18)28-4/h6,9-10,12,15-16H,5,7-8,11,13-14H2,1-4H3,(H2,22,23,24). The number of ether oxygens (including phenoxy) is 1. The van der Waals surface area contributed by atoms with Crippen molar-refractivity contribution in [2.24, 2.45) is 4.99 Å². The molecular formula is C21H32N6OS. The zero-order valence-electron chi connectivity index (χ0n) is 17.8. The van der Waals surface area contributed by atoms with Crippen LogP contribution in [0.3, 0.4) is 0 Å². The van der Waals surface area contributed by atoms with Crippen LogP contribution in [-0.4, -0.2) is 57.8 Å². The maximum atomic E-state index is 5.38. The molecule has 3 rings (SSSR count). The first-order valence-corrected chi connectivity index (χ1v) is 11.0. The maximum Gasteiger partial charge on any atom is 0.191 e.